The highest BCUT2D eigenvalue weighted by molar-refractivity contribution is 5.97. The molecule has 12 rings (SSSR count). The Morgan fingerprint density at radius 2 is 0.681 bits per heavy atom. The van der Waals surface area contributed by atoms with E-state index in [2.05, 4.69) is 273 Å². The van der Waals surface area contributed by atoms with Gasteiger partial charge < -0.3 is 4.90 Å². The summed E-state index contributed by atoms with van der Waals surface area (Å²) in [5, 5.41) is 0. The third-order valence-electron chi connectivity index (χ3n) is 17.5. The molecule has 3 aliphatic carbocycles. The standard InChI is InChI=1S/C71H67N/c1-67(2)40-42-69(5,6)64-44-51(34-38-61(64)67)48-28-30-50(31-29-48)58-46-59-57-26-18-19-27-60(57)71(53-20-12-9-13-21-53,54-22-14-10-15-23-54)63(59)47-66(58)72(55-24-16-11-17-25-55)56-36-32-49(33-37-56)52-35-39-62-65(45-52)70(7,8)43-41-68(62,3)4/h9-39,44-47H,40-43H2,1-8H3. The van der Waals surface area contributed by atoms with E-state index in [-0.39, 0.29) is 21.7 Å². The lowest BCUT2D eigenvalue weighted by Gasteiger charge is -2.42. The molecule has 0 N–H and O–H groups in total. The molecule has 0 amide bonds. The van der Waals surface area contributed by atoms with Crippen LogP contribution in [0.25, 0.3) is 44.5 Å². The van der Waals surface area contributed by atoms with Crippen molar-refractivity contribution in [2.45, 2.75) is 108 Å². The molecular weight excluding hydrogens is 867 g/mol. The van der Waals surface area contributed by atoms with E-state index in [4.69, 9.17) is 0 Å². The first kappa shape index (κ1) is 45.9. The predicted molar refractivity (Wildman–Crippen MR) is 305 cm³/mol. The molecule has 0 radical (unpaired) electrons. The Labute approximate surface area is 429 Å². The van der Waals surface area contributed by atoms with Crippen LogP contribution < -0.4 is 4.90 Å². The van der Waals surface area contributed by atoms with Crippen LogP contribution in [0.15, 0.2) is 212 Å². The van der Waals surface area contributed by atoms with Gasteiger partial charge in [-0.25, -0.2) is 0 Å². The van der Waals surface area contributed by atoms with Crippen molar-refractivity contribution in [3.63, 3.8) is 0 Å². The highest BCUT2D eigenvalue weighted by Crippen LogP contribution is 2.59. The minimum Gasteiger partial charge on any atom is -0.310 e. The monoisotopic (exact) mass is 934 g/mol. The highest BCUT2D eigenvalue weighted by Gasteiger charge is 2.47. The van der Waals surface area contributed by atoms with Crippen molar-refractivity contribution >= 4 is 17.1 Å². The lowest BCUT2D eigenvalue weighted by molar-refractivity contribution is 0.332. The largest absolute Gasteiger partial charge is 0.310 e. The molecule has 0 heterocycles. The maximum absolute atomic E-state index is 2.54. The van der Waals surface area contributed by atoms with E-state index in [9.17, 15) is 0 Å². The first-order valence-electron chi connectivity index (χ1n) is 26.4. The summed E-state index contributed by atoms with van der Waals surface area (Å²) in [6.07, 6.45) is 4.81. The first-order chi connectivity index (χ1) is 34.7. The van der Waals surface area contributed by atoms with E-state index in [1.165, 1.54) is 115 Å². The van der Waals surface area contributed by atoms with Crippen molar-refractivity contribution in [3.8, 4) is 44.5 Å². The van der Waals surface area contributed by atoms with Crippen LogP contribution in [-0.4, -0.2) is 0 Å². The second-order valence-electron chi connectivity index (χ2n) is 23.8. The minimum absolute atomic E-state index is 0.135. The van der Waals surface area contributed by atoms with Crippen LogP contribution in [0.3, 0.4) is 0 Å². The molecule has 0 saturated carbocycles. The lowest BCUT2D eigenvalue weighted by atomic mass is 9.63. The molecule has 1 heteroatoms. The number of rotatable bonds is 8. The molecule has 0 fully saturated rings. The summed E-state index contributed by atoms with van der Waals surface area (Å²) in [5.41, 5.74) is 24.4. The Morgan fingerprint density at radius 3 is 1.19 bits per heavy atom. The van der Waals surface area contributed by atoms with Gasteiger partial charge in [-0.2, -0.15) is 0 Å². The summed E-state index contributed by atoms with van der Waals surface area (Å²) in [7, 11) is 0. The van der Waals surface area contributed by atoms with Crippen molar-refractivity contribution < 1.29 is 0 Å². The molecule has 0 unspecified atom stereocenters. The summed E-state index contributed by atoms with van der Waals surface area (Å²) in [5.74, 6) is 0. The molecule has 0 bridgehead atoms. The van der Waals surface area contributed by atoms with Gasteiger partial charge in [0.2, 0.25) is 0 Å². The minimum atomic E-state index is -0.554. The summed E-state index contributed by atoms with van der Waals surface area (Å²) in [6, 6.07) is 80.8. The molecule has 356 valence electrons. The molecule has 3 aliphatic rings. The van der Waals surface area contributed by atoms with Crippen LogP contribution in [0.1, 0.15) is 126 Å². The fourth-order valence-electron chi connectivity index (χ4n) is 13.1. The maximum atomic E-state index is 2.54. The van der Waals surface area contributed by atoms with Gasteiger partial charge in [0, 0.05) is 16.9 Å². The normalized spacial score (nSPS) is 17.2. The third kappa shape index (κ3) is 7.41. The summed E-state index contributed by atoms with van der Waals surface area (Å²) < 4.78 is 0. The Hall–Kier alpha value is -7.22. The zero-order chi connectivity index (χ0) is 49.6. The molecule has 1 nitrogen and oxygen atoms in total. The van der Waals surface area contributed by atoms with Gasteiger partial charge in [-0.1, -0.05) is 231 Å². The zero-order valence-corrected chi connectivity index (χ0v) is 43.5. The second kappa shape index (κ2) is 17.0. The van der Waals surface area contributed by atoms with Gasteiger partial charge in [0.1, 0.15) is 0 Å². The number of anilines is 3. The summed E-state index contributed by atoms with van der Waals surface area (Å²) in [6.45, 7) is 19.3. The van der Waals surface area contributed by atoms with E-state index in [0.29, 0.717) is 0 Å². The fraction of sp³-hybridized carbons (Fsp3) is 0.239. The Bertz CT molecular complexity index is 3440. The number of hydrogen-bond donors (Lipinski definition) is 0. The Balaban J connectivity index is 1.07. The van der Waals surface area contributed by atoms with Gasteiger partial charge in [0.05, 0.1) is 11.1 Å². The fourth-order valence-corrected chi connectivity index (χ4v) is 13.1. The molecule has 0 atom stereocenters. The van der Waals surface area contributed by atoms with Gasteiger partial charge >= 0.3 is 0 Å². The molecule has 0 aromatic heterocycles. The number of hydrogen-bond acceptors (Lipinski definition) is 1. The average Bonchev–Trinajstić information content (AvgIpc) is 3.70. The quantitative estimate of drug-likeness (QED) is 0.147. The van der Waals surface area contributed by atoms with Gasteiger partial charge in [0.25, 0.3) is 0 Å². The molecule has 0 saturated heterocycles. The smallest absolute Gasteiger partial charge is 0.0714 e. The zero-order valence-electron chi connectivity index (χ0n) is 43.5. The van der Waals surface area contributed by atoms with Crippen LogP contribution >= 0.6 is 0 Å². The van der Waals surface area contributed by atoms with Crippen molar-refractivity contribution in [2.24, 2.45) is 0 Å². The lowest BCUT2D eigenvalue weighted by Crippen LogP contribution is -2.33. The molecule has 0 aliphatic heterocycles. The first-order valence-corrected chi connectivity index (χ1v) is 26.4. The number of para-hydroxylation sites is 1. The van der Waals surface area contributed by atoms with Crippen molar-refractivity contribution in [3.05, 3.63) is 257 Å². The third-order valence-corrected chi connectivity index (χ3v) is 17.5. The molecule has 9 aromatic rings. The van der Waals surface area contributed by atoms with Crippen molar-refractivity contribution in [1.29, 1.82) is 0 Å². The van der Waals surface area contributed by atoms with E-state index in [1.54, 1.807) is 0 Å². The summed E-state index contributed by atoms with van der Waals surface area (Å²) >= 11 is 0. The highest BCUT2D eigenvalue weighted by atomic mass is 15.1. The van der Waals surface area contributed by atoms with E-state index < -0.39 is 5.41 Å². The van der Waals surface area contributed by atoms with E-state index in [0.717, 1.165) is 17.1 Å². The maximum Gasteiger partial charge on any atom is 0.0714 e. The van der Waals surface area contributed by atoms with Crippen LogP contribution in [0.5, 0.6) is 0 Å². The predicted octanol–water partition coefficient (Wildman–Crippen LogP) is 19.2. The number of fused-ring (bicyclic) bond motifs is 5. The van der Waals surface area contributed by atoms with E-state index in [1.807, 2.05) is 0 Å². The van der Waals surface area contributed by atoms with Crippen LogP contribution in [0.2, 0.25) is 0 Å². The second-order valence-corrected chi connectivity index (χ2v) is 23.8. The van der Waals surface area contributed by atoms with Crippen LogP contribution in [0, 0.1) is 0 Å². The van der Waals surface area contributed by atoms with Crippen LogP contribution in [-0.2, 0) is 27.1 Å². The Kier molecular flexibility index (Phi) is 10.8. The van der Waals surface area contributed by atoms with Crippen molar-refractivity contribution in [2.75, 3.05) is 4.90 Å². The van der Waals surface area contributed by atoms with E-state index >= 15 is 0 Å². The topological polar surface area (TPSA) is 3.24 Å². The van der Waals surface area contributed by atoms with Crippen molar-refractivity contribution in [1.82, 2.24) is 0 Å². The number of nitrogens with zero attached hydrogens (tertiary/aromatic N) is 1. The molecule has 72 heavy (non-hydrogen) atoms. The van der Waals surface area contributed by atoms with Crippen LogP contribution in [0.4, 0.5) is 17.1 Å². The molecule has 0 spiro atoms. The van der Waals surface area contributed by atoms with Gasteiger partial charge in [-0.3, -0.25) is 0 Å². The van der Waals surface area contributed by atoms with Gasteiger partial charge in [-0.15, -0.1) is 0 Å². The average molecular weight is 934 g/mol. The van der Waals surface area contributed by atoms with Gasteiger partial charge in [0.15, 0.2) is 0 Å². The number of benzene rings is 9. The van der Waals surface area contributed by atoms with Gasteiger partial charge in [-0.05, 0) is 167 Å². The SMILES string of the molecule is CC1(C)CCC(C)(C)c2cc(-c3ccc(-c4cc5c(cc4N(c4ccccc4)c4ccc(-c6ccc7c(c6)C(C)(C)CCC7(C)C)cc4)C(c4ccccc4)(c4ccccc4)c4ccccc4-5)cc3)ccc21. The molecule has 9 aromatic carbocycles. The summed E-state index contributed by atoms with van der Waals surface area (Å²) in [4.78, 5) is 2.50. The Morgan fingerprint density at radius 1 is 0.278 bits per heavy atom. The molecular formula is C71H67N.